The monoisotopic (exact) mass is 339 g/mol. The van der Waals surface area contributed by atoms with Crippen LogP contribution < -0.4 is 62.0 Å². The van der Waals surface area contributed by atoms with Crippen molar-refractivity contribution in [2.45, 2.75) is 0 Å². The van der Waals surface area contributed by atoms with Crippen molar-refractivity contribution in [3.63, 3.8) is 0 Å². The van der Waals surface area contributed by atoms with E-state index < -0.39 is 0 Å². The van der Waals surface area contributed by atoms with Crippen molar-refractivity contribution in [1.82, 2.24) is 5.06 Å². The number of amidine groups is 1. The molecular formula is C16H15ClKN3O. The number of rotatable bonds is 1. The molecule has 108 valence electrons. The molecule has 0 bridgehead atoms. The van der Waals surface area contributed by atoms with Gasteiger partial charge in [-0.25, -0.2) is 10.1 Å². The van der Waals surface area contributed by atoms with Crippen molar-refractivity contribution in [2.24, 2.45) is 9.98 Å². The van der Waals surface area contributed by atoms with Crippen LogP contribution in [-0.2, 0) is 0 Å². The van der Waals surface area contributed by atoms with Crippen LogP contribution in [0.15, 0.2) is 58.5 Å². The Hall–Kier alpha value is -0.534. The molecule has 6 heteroatoms. The molecule has 2 aromatic rings. The van der Waals surface area contributed by atoms with E-state index in [9.17, 15) is 5.21 Å². The van der Waals surface area contributed by atoms with Crippen LogP contribution in [0.1, 0.15) is 6.99 Å². The van der Waals surface area contributed by atoms with Gasteiger partial charge in [0.2, 0.25) is 0 Å². The number of fused-ring (bicyclic) bond motifs is 1. The van der Waals surface area contributed by atoms with E-state index in [1.54, 1.807) is 13.1 Å². The molecule has 3 rings (SSSR count). The smallest absolute Gasteiger partial charge is 1.00 e. The summed E-state index contributed by atoms with van der Waals surface area (Å²) in [4.78, 5) is 8.60. The van der Waals surface area contributed by atoms with Crippen molar-refractivity contribution >= 4 is 23.1 Å². The summed E-state index contributed by atoms with van der Waals surface area (Å²) in [6.45, 7) is 0.229. The third kappa shape index (κ3) is 3.68. The fraction of sp³-hybridized carbons (Fsp3) is 0.125. The summed E-state index contributed by atoms with van der Waals surface area (Å²) >= 11 is 6.12. The van der Waals surface area contributed by atoms with E-state index in [1.165, 1.54) is 5.06 Å². The van der Waals surface area contributed by atoms with E-state index in [-0.39, 0.29) is 59.4 Å². The molecule has 2 aromatic carbocycles. The maximum absolute atomic E-state index is 10.5. The van der Waals surface area contributed by atoms with E-state index in [1.807, 2.05) is 42.5 Å². The quantitative estimate of drug-likeness (QED) is 0.675. The van der Waals surface area contributed by atoms with E-state index in [0.717, 1.165) is 16.1 Å². The molecule has 0 saturated heterocycles. The van der Waals surface area contributed by atoms with Crippen LogP contribution in [0, 0.1) is 0 Å². The molecule has 0 fully saturated rings. The molecule has 4 nitrogen and oxygen atoms in total. The number of hydroxylamine groups is 2. The second-order valence-electron chi connectivity index (χ2n) is 4.69. The summed E-state index contributed by atoms with van der Waals surface area (Å²) in [7, 11) is 1.66. The maximum atomic E-state index is 10.5. The zero-order valence-corrected chi connectivity index (χ0v) is 16.4. The summed E-state index contributed by atoms with van der Waals surface area (Å²) in [6.07, 6.45) is 0. The van der Waals surface area contributed by atoms with Gasteiger partial charge < -0.3 is 1.43 Å². The second-order valence-corrected chi connectivity index (χ2v) is 5.12. The first kappa shape index (κ1) is 17.8. The third-order valence-electron chi connectivity index (χ3n) is 3.32. The largest absolute Gasteiger partial charge is 1.00 e. The Bertz CT molecular complexity index is 827. The summed E-state index contributed by atoms with van der Waals surface area (Å²) < 4.78 is 0. The van der Waals surface area contributed by atoms with Crippen molar-refractivity contribution in [3.05, 3.63) is 69.7 Å². The number of hydrogen-bond acceptors (Lipinski definition) is 3. The standard InChI is InChI=1S/C16H14ClN3O.K.H/c1-18-15-10-20(21)16(11-5-3-2-4-6-11)13-9-12(17)7-8-14(13)19-15;;/h2-9,21H,10H2,1H3;;/q;+1;-1. The summed E-state index contributed by atoms with van der Waals surface area (Å²) in [5.41, 5.74) is 1.58. The fourth-order valence-electron chi connectivity index (χ4n) is 2.34. The molecule has 0 aliphatic carbocycles. The van der Waals surface area contributed by atoms with Gasteiger partial charge in [-0.1, -0.05) is 41.9 Å². The third-order valence-corrected chi connectivity index (χ3v) is 3.55. The Morgan fingerprint density at radius 1 is 1.23 bits per heavy atom. The van der Waals surface area contributed by atoms with Gasteiger partial charge >= 0.3 is 51.4 Å². The minimum Gasteiger partial charge on any atom is -1.00 e. The summed E-state index contributed by atoms with van der Waals surface area (Å²) in [5.74, 6) is 0.562. The van der Waals surface area contributed by atoms with Crippen LogP contribution in [0.3, 0.4) is 0 Å². The molecule has 0 radical (unpaired) electrons. The average molecular weight is 340 g/mol. The predicted molar refractivity (Wildman–Crippen MR) is 84.1 cm³/mol. The normalized spacial score (nSPS) is 15.7. The molecule has 0 amide bonds. The van der Waals surface area contributed by atoms with Crippen LogP contribution in [-0.4, -0.2) is 29.7 Å². The van der Waals surface area contributed by atoms with Gasteiger partial charge in [0.25, 0.3) is 0 Å². The second kappa shape index (κ2) is 7.83. The SMILES string of the molecule is CN=C1CN(O)C(c2ccccc2)=c2cc(Cl)ccc2=N1.[H-].[K+]. The molecule has 1 aliphatic rings. The number of nitrogens with zero attached hydrogens (tertiary/aromatic N) is 3. The molecule has 0 unspecified atom stereocenters. The number of halogens is 1. The topological polar surface area (TPSA) is 48.2 Å². The van der Waals surface area contributed by atoms with Gasteiger partial charge in [0.1, 0.15) is 12.4 Å². The first-order valence-corrected chi connectivity index (χ1v) is 6.93. The molecule has 1 aliphatic heterocycles. The predicted octanol–water partition coefficient (Wildman–Crippen LogP) is -1.03. The molecule has 0 spiro atoms. The molecule has 22 heavy (non-hydrogen) atoms. The summed E-state index contributed by atoms with van der Waals surface area (Å²) in [5, 5.41) is 13.8. The Balaban J connectivity index is 0.00000132. The van der Waals surface area contributed by atoms with Crippen molar-refractivity contribution < 1.29 is 58.0 Å². The first-order chi connectivity index (χ1) is 10.2. The Morgan fingerprint density at radius 3 is 2.64 bits per heavy atom. The van der Waals surface area contributed by atoms with Crippen molar-refractivity contribution in [2.75, 3.05) is 13.6 Å². The van der Waals surface area contributed by atoms with Gasteiger partial charge in [-0.3, -0.25) is 10.2 Å². The van der Waals surface area contributed by atoms with E-state index in [4.69, 9.17) is 11.6 Å². The Morgan fingerprint density at radius 2 is 1.95 bits per heavy atom. The minimum atomic E-state index is 0. The molecular weight excluding hydrogens is 325 g/mol. The Labute approximate surface area is 177 Å². The van der Waals surface area contributed by atoms with Crippen molar-refractivity contribution in [1.29, 1.82) is 0 Å². The fourth-order valence-corrected chi connectivity index (χ4v) is 2.52. The van der Waals surface area contributed by atoms with Gasteiger partial charge in [0.05, 0.1) is 11.1 Å². The van der Waals surface area contributed by atoms with Gasteiger partial charge in [0.15, 0.2) is 0 Å². The summed E-state index contributed by atoms with van der Waals surface area (Å²) in [6, 6.07) is 15.1. The van der Waals surface area contributed by atoms with Crippen molar-refractivity contribution in [3.8, 4) is 0 Å². The zero-order valence-electron chi connectivity index (χ0n) is 13.5. The first-order valence-electron chi connectivity index (χ1n) is 6.55. The maximum Gasteiger partial charge on any atom is 1.00 e. The van der Waals surface area contributed by atoms with E-state index >= 15 is 0 Å². The van der Waals surface area contributed by atoms with Crippen LogP contribution in [0.2, 0.25) is 5.02 Å². The number of benzene rings is 2. The molecule has 1 heterocycles. The number of aliphatic imine (C=N–C) groups is 1. The van der Waals surface area contributed by atoms with Gasteiger partial charge in [-0.05, 0) is 18.2 Å². The molecule has 0 atom stereocenters. The Kier molecular flexibility index (Phi) is 6.34. The van der Waals surface area contributed by atoms with Gasteiger partial charge in [0, 0.05) is 22.9 Å². The minimum absolute atomic E-state index is 0. The molecule has 0 saturated carbocycles. The van der Waals surface area contributed by atoms with E-state index in [2.05, 4.69) is 9.98 Å². The zero-order chi connectivity index (χ0) is 14.8. The van der Waals surface area contributed by atoms with Crippen LogP contribution in [0.5, 0.6) is 0 Å². The number of hydrogen-bond donors (Lipinski definition) is 1. The van der Waals surface area contributed by atoms with E-state index in [0.29, 0.717) is 16.6 Å². The van der Waals surface area contributed by atoms with Crippen LogP contribution in [0.25, 0.3) is 5.70 Å². The van der Waals surface area contributed by atoms with Crippen LogP contribution >= 0.6 is 11.6 Å². The van der Waals surface area contributed by atoms with Gasteiger partial charge in [-0.2, -0.15) is 0 Å². The average Bonchev–Trinajstić information content (AvgIpc) is 2.63. The molecule has 1 N–H and O–H groups in total. The molecule has 0 aromatic heterocycles. The van der Waals surface area contributed by atoms with Crippen LogP contribution in [0.4, 0.5) is 0 Å². The van der Waals surface area contributed by atoms with Gasteiger partial charge in [-0.15, -0.1) is 0 Å².